The summed E-state index contributed by atoms with van der Waals surface area (Å²) in [6, 6.07) is 3.29. The van der Waals surface area contributed by atoms with Crippen molar-refractivity contribution in [2.24, 2.45) is 19.2 Å². The van der Waals surface area contributed by atoms with Gasteiger partial charge in [0.1, 0.15) is 5.56 Å². The lowest BCUT2D eigenvalue weighted by Gasteiger charge is -2.17. The fourth-order valence-electron chi connectivity index (χ4n) is 3.18. The van der Waals surface area contributed by atoms with E-state index in [-0.39, 0.29) is 11.6 Å². The Morgan fingerprint density at radius 1 is 1.07 bits per heavy atom. The second-order valence-electron chi connectivity index (χ2n) is 6.31. The topological polar surface area (TPSA) is 116 Å². The third kappa shape index (κ3) is 2.96. The van der Waals surface area contributed by atoms with Gasteiger partial charge in [0.15, 0.2) is 11.5 Å². The van der Waals surface area contributed by atoms with Crippen LogP contribution in [-0.4, -0.2) is 41.3 Å². The summed E-state index contributed by atoms with van der Waals surface area (Å²) < 4.78 is 18.0. The maximum absolute atomic E-state index is 12.5. The summed E-state index contributed by atoms with van der Waals surface area (Å²) in [5.41, 5.74) is 2.89. The van der Waals surface area contributed by atoms with Crippen LogP contribution in [0.4, 0.5) is 0 Å². The molecular weight excluding hydrogens is 368 g/mol. The number of hydrazone groups is 1. The predicted octanol–water partition coefficient (Wildman–Crippen LogP) is 0.254. The first-order valence-corrected chi connectivity index (χ1v) is 8.45. The van der Waals surface area contributed by atoms with Crippen LogP contribution in [0, 0.1) is 0 Å². The minimum atomic E-state index is -0.612. The van der Waals surface area contributed by atoms with Crippen molar-refractivity contribution < 1.29 is 19.3 Å². The van der Waals surface area contributed by atoms with E-state index in [0.29, 0.717) is 29.4 Å². The van der Waals surface area contributed by atoms with Crippen molar-refractivity contribution in [3.05, 3.63) is 44.1 Å². The van der Waals surface area contributed by atoms with Gasteiger partial charge in [-0.15, -0.1) is 0 Å². The van der Waals surface area contributed by atoms with Gasteiger partial charge in [-0.25, -0.2) is 4.79 Å². The second-order valence-corrected chi connectivity index (χ2v) is 6.31. The average Bonchev–Trinajstić information content (AvgIpc) is 3.19. The van der Waals surface area contributed by atoms with E-state index in [1.54, 1.807) is 12.1 Å². The Bertz CT molecular complexity index is 1040. The highest BCUT2D eigenvalue weighted by atomic mass is 16.5. The molecule has 3 rings (SSSR count). The van der Waals surface area contributed by atoms with Crippen LogP contribution >= 0.6 is 0 Å². The molecule has 2 heterocycles. The van der Waals surface area contributed by atoms with Crippen molar-refractivity contribution in [2.45, 2.75) is 12.5 Å². The molecule has 2 N–H and O–H groups in total. The van der Waals surface area contributed by atoms with E-state index in [2.05, 4.69) is 10.5 Å². The monoisotopic (exact) mass is 390 g/mol. The Morgan fingerprint density at radius 3 is 2.21 bits per heavy atom. The van der Waals surface area contributed by atoms with E-state index in [4.69, 9.17) is 14.2 Å². The summed E-state index contributed by atoms with van der Waals surface area (Å²) in [7, 11) is 7.31. The minimum absolute atomic E-state index is 0.00737. The van der Waals surface area contributed by atoms with Crippen molar-refractivity contribution in [2.75, 3.05) is 21.3 Å². The third-order valence-electron chi connectivity index (χ3n) is 4.76. The molecule has 10 heteroatoms. The fourth-order valence-corrected chi connectivity index (χ4v) is 3.18. The normalized spacial score (nSPS) is 15.8. The number of hydrogen-bond acceptors (Lipinski definition) is 8. The molecular formula is C18H22N4O6. The Balaban J connectivity index is 2.00. The van der Waals surface area contributed by atoms with Gasteiger partial charge in [0, 0.05) is 20.5 Å². The molecule has 0 saturated heterocycles. The van der Waals surface area contributed by atoms with E-state index >= 15 is 0 Å². The molecule has 0 spiro atoms. The van der Waals surface area contributed by atoms with Crippen molar-refractivity contribution in [1.82, 2.24) is 14.6 Å². The first-order chi connectivity index (χ1) is 13.3. The summed E-state index contributed by atoms with van der Waals surface area (Å²) in [4.78, 5) is 24.4. The summed E-state index contributed by atoms with van der Waals surface area (Å²) >= 11 is 0. The van der Waals surface area contributed by atoms with E-state index in [0.717, 1.165) is 14.7 Å². The van der Waals surface area contributed by atoms with Gasteiger partial charge < -0.3 is 24.7 Å². The standard InChI is InChI=1S/C18H22N4O6/c1-21-16(23)14(17(24)22(2)18(21)25)11-8-10(19-20-11)9-6-12(26-3)15(28-5)13(7-9)27-4/h6-7,10,19,23H,8H2,1-5H3. The van der Waals surface area contributed by atoms with Gasteiger partial charge in [-0.3, -0.25) is 13.9 Å². The molecule has 28 heavy (non-hydrogen) atoms. The van der Waals surface area contributed by atoms with Crippen molar-refractivity contribution in [3.63, 3.8) is 0 Å². The Kier molecular flexibility index (Phi) is 5.04. The van der Waals surface area contributed by atoms with Crippen LogP contribution in [0.15, 0.2) is 26.8 Å². The molecule has 0 bridgehead atoms. The van der Waals surface area contributed by atoms with E-state index in [1.807, 2.05) is 0 Å². The van der Waals surface area contributed by atoms with Gasteiger partial charge in [0.25, 0.3) is 5.56 Å². The number of rotatable bonds is 5. The Labute approximate surface area is 160 Å². The number of methoxy groups -OCH3 is 3. The summed E-state index contributed by atoms with van der Waals surface area (Å²) in [6.07, 6.45) is 0.319. The summed E-state index contributed by atoms with van der Waals surface area (Å²) in [5.74, 6) is 1.04. The highest BCUT2D eigenvalue weighted by molar-refractivity contribution is 6.03. The van der Waals surface area contributed by atoms with Gasteiger partial charge in [-0.1, -0.05) is 0 Å². The van der Waals surface area contributed by atoms with Gasteiger partial charge in [0.05, 0.1) is 33.1 Å². The number of nitrogens with one attached hydrogen (secondary N) is 1. The zero-order valence-corrected chi connectivity index (χ0v) is 16.3. The molecule has 0 saturated carbocycles. The van der Waals surface area contributed by atoms with Crippen LogP contribution in [0.5, 0.6) is 23.1 Å². The number of nitrogens with zero attached hydrogens (tertiary/aromatic N) is 3. The van der Waals surface area contributed by atoms with Crippen molar-refractivity contribution in [3.8, 4) is 23.1 Å². The molecule has 0 fully saturated rings. The smallest absolute Gasteiger partial charge is 0.333 e. The fraction of sp³-hybridized carbons (Fsp3) is 0.389. The lowest BCUT2D eigenvalue weighted by Crippen LogP contribution is -2.39. The molecule has 150 valence electrons. The van der Waals surface area contributed by atoms with Gasteiger partial charge in [-0.05, 0) is 17.7 Å². The molecule has 1 aromatic heterocycles. The lowest BCUT2D eigenvalue weighted by molar-refractivity contribution is 0.323. The Morgan fingerprint density at radius 2 is 1.68 bits per heavy atom. The van der Waals surface area contributed by atoms with E-state index in [1.165, 1.54) is 35.4 Å². The zero-order valence-electron chi connectivity index (χ0n) is 16.3. The number of aromatic hydroxyl groups is 1. The van der Waals surface area contributed by atoms with Gasteiger partial charge in [-0.2, -0.15) is 5.10 Å². The van der Waals surface area contributed by atoms with E-state index < -0.39 is 17.1 Å². The highest BCUT2D eigenvalue weighted by Crippen LogP contribution is 2.41. The summed E-state index contributed by atoms with van der Waals surface area (Å²) in [5, 5.41) is 14.5. The van der Waals surface area contributed by atoms with Crippen LogP contribution in [0.25, 0.3) is 0 Å². The van der Waals surface area contributed by atoms with Crippen molar-refractivity contribution in [1.29, 1.82) is 0 Å². The number of hydrogen-bond donors (Lipinski definition) is 2. The van der Waals surface area contributed by atoms with Crippen molar-refractivity contribution >= 4 is 5.71 Å². The molecule has 1 unspecified atom stereocenters. The zero-order chi connectivity index (χ0) is 20.6. The number of benzene rings is 1. The largest absolute Gasteiger partial charge is 0.494 e. The molecule has 0 radical (unpaired) electrons. The SMILES string of the molecule is COc1cc(C2CC(c3c(O)n(C)c(=O)n(C)c3=O)=NN2)cc(OC)c1OC. The van der Waals surface area contributed by atoms with Crippen LogP contribution in [-0.2, 0) is 14.1 Å². The summed E-state index contributed by atoms with van der Waals surface area (Å²) in [6.45, 7) is 0. The molecule has 1 aromatic carbocycles. The maximum Gasteiger partial charge on any atom is 0.333 e. The first-order valence-electron chi connectivity index (χ1n) is 8.45. The van der Waals surface area contributed by atoms with Crippen LogP contribution < -0.4 is 30.9 Å². The number of aromatic nitrogens is 2. The van der Waals surface area contributed by atoms with Crippen LogP contribution in [0.1, 0.15) is 23.6 Å². The Hall–Kier alpha value is -3.43. The molecule has 2 aromatic rings. The van der Waals surface area contributed by atoms with Gasteiger partial charge in [0.2, 0.25) is 11.6 Å². The molecule has 1 aliphatic rings. The average molecular weight is 390 g/mol. The number of ether oxygens (including phenoxy) is 3. The van der Waals surface area contributed by atoms with Gasteiger partial charge >= 0.3 is 5.69 Å². The van der Waals surface area contributed by atoms with Crippen LogP contribution in [0.2, 0.25) is 0 Å². The lowest BCUT2D eigenvalue weighted by atomic mass is 9.99. The molecule has 0 aliphatic carbocycles. The van der Waals surface area contributed by atoms with E-state index in [9.17, 15) is 14.7 Å². The maximum atomic E-state index is 12.5. The minimum Gasteiger partial charge on any atom is -0.494 e. The quantitative estimate of drug-likeness (QED) is 0.752. The first kappa shape index (κ1) is 19.3. The van der Waals surface area contributed by atoms with Crippen LogP contribution in [0.3, 0.4) is 0 Å². The molecule has 1 atom stereocenters. The highest BCUT2D eigenvalue weighted by Gasteiger charge is 2.29. The molecule has 10 nitrogen and oxygen atoms in total. The predicted molar refractivity (Wildman–Crippen MR) is 102 cm³/mol. The second kappa shape index (κ2) is 7.29. The molecule has 1 aliphatic heterocycles. The third-order valence-corrected chi connectivity index (χ3v) is 4.76. The molecule has 0 amide bonds.